The molecule has 1 aromatic rings. The number of hydrogen-bond acceptors (Lipinski definition) is 2. The van der Waals surface area contributed by atoms with Gasteiger partial charge in [0.15, 0.2) is 0 Å². The number of hydrogen-bond donors (Lipinski definition) is 1. The van der Waals surface area contributed by atoms with Gasteiger partial charge >= 0.3 is 0 Å². The van der Waals surface area contributed by atoms with Crippen molar-refractivity contribution in [1.29, 1.82) is 0 Å². The highest BCUT2D eigenvalue weighted by Crippen LogP contribution is 2.17. The SMILES string of the molecule is CCCCN(C)CC(=O)Nc1cccc(C)c1C. The number of nitrogens with one attached hydrogen (secondary N) is 1. The molecule has 100 valence electrons. The van der Waals surface area contributed by atoms with Crippen LogP contribution in [0.1, 0.15) is 30.9 Å². The van der Waals surface area contributed by atoms with Crippen LogP contribution < -0.4 is 5.32 Å². The maximum absolute atomic E-state index is 11.9. The fourth-order valence-electron chi connectivity index (χ4n) is 1.83. The predicted molar refractivity (Wildman–Crippen MR) is 77.0 cm³/mol. The lowest BCUT2D eigenvalue weighted by molar-refractivity contribution is -0.117. The summed E-state index contributed by atoms with van der Waals surface area (Å²) in [6, 6.07) is 5.98. The summed E-state index contributed by atoms with van der Waals surface area (Å²) in [5.74, 6) is 0.0577. The molecule has 1 rings (SSSR count). The van der Waals surface area contributed by atoms with Crippen molar-refractivity contribution in [2.24, 2.45) is 0 Å². The van der Waals surface area contributed by atoms with Gasteiger partial charge in [-0.1, -0.05) is 25.5 Å². The Kier molecular flexibility index (Phi) is 5.86. The van der Waals surface area contributed by atoms with E-state index in [2.05, 4.69) is 30.1 Å². The summed E-state index contributed by atoms with van der Waals surface area (Å²) in [5.41, 5.74) is 3.26. The molecule has 0 aliphatic carbocycles. The lowest BCUT2D eigenvalue weighted by Crippen LogP contribution is -2.31. The molecule has 0 saturated carbocycles. The Balaban J connectivity index is 2.52. The fourth-order valence-corrected chi connectivity index (χ4v) is 1.83. The highest BCUT2D eigenvalue weighted by Gasteiger charge is 2.08. The quantitative estimate of drug-likeness (QED) is 0.839. The Hall–Kier alpha value is -1.35. The smallest absolute Gasteiger partial charge is 0.238 e. The van der Waals surface area contributed by atoms with Crippen LogP contribution >= 0.6 is 0 Å². The van der Waals surface area contributed by atoms with E-state index in [0.717, 1.165) is 30.6 Å². The average molecular weight is 248 g/mol. The van der Waals surface area contributed by atoms with Gasteiger partial charge in [-0.3, -0.25) is 9.69 Å². The summed E-state index contributed by atoms with van der Waals surface area (Å²) >= 11 is 0. The third-order valence-electron chi connectivity index (χ3n) is 3.19. The average Bonchev–Trinajstić information content (AvgIpc) is 2.32. The second kappa shape index (κ2) is 7.17. The first-order chi connectivity index (χ1) is 8.54. The van der Waals surface area contributed by atoms with Crippen LogP contribution in [0.15, 0.2) is 18.2 Å². The molecule has 0 aliphatic heterocycles. The number of carbonyl (C=O) groups excluding carboxylic acids is 1. The summed E-state index contributed by atoms with van der Waals surface area (Å²) in [7, 11) is 1.98. The molecule has 3 nitrogen and oxygen atoms in total. The van der Waals surface area contributed by atoms with Gasteiger partial charge in [0.05, 0.1) is 6.54 Å². The third-order valence-corrected chi connectivity index (χ3v) is 3.19. The van der Waals surface area contributed by atoms with E-state index in [9.17, 15) is 4.79 Å². The van der Waals surface area contributed by atoms with Gasteiger partial charge < -0.3 is 5.32 Å². The van der Waals surface area contributed by atoms with Gasteiger partial charge in [0.25, 0.3) is 0 Å². The van der Waals surface area contributed by atoms with Gasteiger partial charge in [-0.05, 0) is 51.1 Å². The van der Waals surface area contributed by atoms with Crippen molar-refractivity contribution >= 4 is 11.6 Å². The van der Waals surface area contributed by atoms with E-state index in [4.69, 9.17) is 0 Å². The lowest BCUT2D eigenvalue weighted by Gasteiger charge is -2.16. The van der Waals surface area contributed by atoms with Crippen LogP contribution in [0.5, 0.6) is 0 Å². The first-order valence-corrected chi connectivity index (χ1v) is 6.59. The highest BCUT2D eigenvalue weighted by atomic mass is 16.2. The molecular formula is C15H24N2O. The predicted octanol–water partition coefficient (Wildman–Crippen LogP) is 2.97. The molecule has 0 fully saturated rings. The summed E-state index contributed by atoms with van der Waals surface area (Å²) in [5, 5.41) is 2.98. The minimum Gasteiger partial charge on any atom is -0.325 e. The van der Waals surface area contributed by atoms with Gasteiger partial charge in [-0.2, -0.15) is 0 Å². The molecule has 0 atom stereocenters. The molecule has 0 unspecified atom stereocenters. The molecule has 3 heteroatoms. The van der Waals surface area contributed by atoms with Crippen molar-refractivity contribution in [1.82, 2.24) is 4.90 Å². The van der Waals surface area contributed by atoms with E-state index < -0.39 is 0 Å². The first kappa shape index (κ1) is 14.7. The van der Waals surface area contributed by atoms with E-state index in [0.29, 0.717) is 6.54 Å². The summed E-state index contributed by atoms with van der Waals surface area (Å²) in [6.07, 6.45) is 2.29. The maximum Gasteiger partial charge on any atom is 0.238 e. The van der Waals surface area contributed by atoms with Crippen LogP contribution in [-0.2, 0) is 4.79 Å². The molecule has 0 aliphatic rings. The molecule has 0 saturated heterocycles. The van der Waals surface area contributed by atoms with Gasteiger partial charge in [0.2, 0.25) is 5.91 Å². The van der Waals surface area contributed by atoms with Crippen molar-refractivity contribution in [2.45, 2.75) is 33.6 Å². The lowest BCUT2D eigenvalue weighted by atomic mass is 10.1. The van der Waals surface area contributed by atoms with E-state index >= 15 is 0 Å². The van der Waals surface area contributed by atoms with Crippen LogP contribution in [0, 0.1) is 13.8 Å². The summed E-state index contributed by atoms with van der Waals surface area (Å²) in [6.45, 7) is 7.66. The summed E-state index contributed by atoms with van der Waals surface area (Å²) in [4.78, 5) is 14.0. The molecule has 0 bridgehead atoms. The van der Waals surface area contributed by atoms with Gasteiger partial charge in [0, 0.05) is 5.69 Å². The number of benzene rings is 1. The Labute approximate surface area is 110 Å². The van der Waals surface area contributed by atoms with Crippen molar-refractivity contribution in [3.05, 3.63) is 29.3 Å². The van der Waals surface area contributed by atoms with Crippen LogP contribution in [0.4, 0.5) is 5.69 Å². The minimum atomic E-state index is 0.0577. The van der Waals surface area contributed by atoms with Crippen LogP contribution in [-0.4, -0.2) is 30.9 Å². The van der Waals surface area contributed by atoms with Gasteiger partial charge in [-0.15, -0.1) is 0 Å². The van der Waals surface area contributed by atoms with Crippen LogP contribution in [0.3, 0.4) is 0 Å². The monoisotopic (exact) mass is 248 g/mol. The van der Waals surface area contributed by atoms with Crippen molar-refractivity contribution in [3.63, 3.8) is 0 Å². The number of nitrogens with zero attached hydrogens (tertiary/aromatic N) is 1. The van der Waals surface area contributed by atoms with E-state index in [1.807, 2.05) is 26.1 Å². The number of carbonyl (C=O) groups is 1. The highest BCUT2D eigenvalue weighted by molar-refractivity contribution is 5.93. The van der Waals surface area contributed by atoms with Gasteiger partial charge in [0.1, 0.15) is 0 Å². The third kappa shape index (κ3) is 4.49. The molecule has 18 heavy (non-hydrogen) atoms. The largest absolute Gasteiger partial charge is 0.325 e. The number of rotatable bonds is 6. The second-order valence-electron chi connectivity index (χ2n) is 4.89. The Morgan fingerprint density at radius 1 is 1.33 bits per heavy atom. The fraction of sp³-hybridized carbons (Fsp3) is 0.533. The Morgan fingerprint density at radius 3 is 2.72 bits per heavy atom. The minimum absolute atomic E-state index is 0.0577. The molecule has 0 aromatic heterocycles. The Morgan fingerprint density at radius 2 is 2.06 bits per heavy atom. The molecule has 0 heterocycles. The van der Waals surface area contributed by atoms with Crippen LogP contribution in [0.2, 0.25) is 0 Å². The van der Waals surface area contributed by atoms with Gasteiger partial charge in [-0.25, -0.2) is 0 Å². The topological polar surface area (TPSA) is 32.3 Å². The molecule has 1 N–H and O–H groups in total. The number of anilines is 1. The zero-order chi connectivity index (χ0) is 13.5. The van der Waals surface area contributed by atoms with Crippen LogP contribution in [0.25, 0.3) is 0 Å². The van der Waals surface area contributed by atoms with Crippen molar-refractivity contribution in [3.8, 4) is 0 Å². The van der Waals surface area contributed by atoms with E-state index in [1.165, 1.54) is 5.56 Å². The number of likely N-dealkylation sites (N-methyl/N-ethyl adjacent to an activating group) is 1. The zero-order valence-corrected chi connectivity index (χ0v) is 11.9. The number of aryl methyl sites for hydroxylation is 1. The normalized spacial score (nSPS) is 10.7. The molecule has 1 amide bonds. The molecule has 1 aromatic carbocycles. The number of amides is 1. The van der Waals surface area contributed by atoms with E-state index in [1.54, 1.807) is 0 Å². The molecular weight excluding hydrogens is 224 g/mol. The standard InChI is InChI=1S/C15H24N2O/c1-5-6-10-17(4)11-15(18)16-14-9-7-8-12(2)13(14)3/h7-9H,5-6,10-11H2,1-4H3,(H,16,18). The maximum atomic E-state index is 11.9. The Bertz CT molecular complexity index is 401. The number of unbranched alkanes of at least 4 members (excludes halogenated alkanes) is 1. The second-order valence-corrected chi connectivity index (χ2v) is 4.89. The van der Waals surface area contributed by atoms with Crippen molar-refractivity contribution in [2.75, 3.05) is 25.5 Å². The molecule has 0 spiro atoms. The van der Waals surface area contributed by atoms with Crippen molar-refractivity contribution < 1.29 is 4.79 Å². The molecule has 0 radical (unpaired) electrons. The summed E-state index contributed by atoms with van der Waals surface area (Å²) < 4.78 is 0. The first-order valence-electron chi connectivity index (χ1n) is 6.59. The van der Waals surface area contributed by atoms with E-state index in [-0.39, 0.29) is 5.91 Å². The zero-order valence-electron chi connectivity index (χ0n) is 11.9.